The summed E-state index contributed by atoms with van der Waals surface area (Å²) in [6.45, 7) is 11.8. The highest BCUT2D eigenvalue weighted by Gasteiger charge is 2.21. The van der Waals surface area contributed by atoms with Crippen LogP contribution in [-0.2, 0) is 6.54 Å². The second-order valence-corrected chi connectivity index (χ2v) is 6.55. The van der Waals surface area contributed by atoms with Crippen molar-refractivity contribution < 1.29 is 0 Å². The third kappa shape index (κ3) is 4.93. The predicted octanol–water partition coefficient (Wildman–Crippen LogP) is 1.75. The van der Waals surface area contributed by atoms with E-state index in [1.165, 1.54) is 6.42 Å². The largest absolute Gasteiger partial charge is 0.351 e. The predicted molar refractivity (Wildman–Crippen MR) is 87.5 cm³/mol. The molecule has 21 heavy (non-hydrogen) atoms. The molecule has 0 bridgehead atoms. The highest BCUT2D eigenvalue weighted by molar-refractivity contribution is 5.38. The van der Waals surface area contributed by atoms with Crippen LogP contribution in [0.15, 0.2) is 12.4 Å². The molecule has 2 heterocycles. The molecule has 2 rings (SSSR count). The first-order valence-electron chi connectivity index (χ1n) is 8.03. The van der Waals surface area contributed by atoms with E-state index in [0.717, 1.165) is 44.2 Å². The van der Waals surface area contributed by atoms with E-state index in [2.05, 4.69) is 47.9 Å². The highest BCUT2D eigenvalue weighted by atomic mass is 15.3. The normalized spacial score (nSPS) is 20.8. The molecule has 1 fully saturated rings. The highest BCUT2D eigenvalue weighted by Crippen LogP contribution is 2.17. The molecule has 1 aliphatic heterocycles. The minimum atomic E-state index is 0.477. The Kier molecular flexibility index (Phi) is 5.94. The Bertz CT molecular complexity index is 434. The van der Waals surface area contributed by atoms with Gasteiger partial charge in [-0.25, -0.2) is 4.98 Å². The Labute approximate surface area is 128 Å². The van der Waals surface area contributed by atoms with Crippen LogP contribution in [0.4, 0.5) is 5.82 Å². The molecule has 0 amide bonds. The maximum atomic E-state index is 4.79. The first kappa shape index (κ1) is 16.2. The zero-order chi connectivity index (χ0) is 15.2. The van der Waals surface area contributed by atoms with Crippen LogP contribution >= 0.6 is 0 Å². The van der Waals surface area contributed by atoms with Crippen LogP contribution in [0.1, 0.15) is 32.9 Å². The van der Waals surface area contributed by atoms with Crippen LogP contribution in [0.2, 0.25) is 0 Å². The number of hydrogen-bond donors (Lipinski definition) is 1. The third-order valence-corrected chi connectivity index (χ3v) is 3.87. The van der Waals surface area contributed by atoms with Gasteiger partial charge in [-0.3, -0.25) is 4.98 Å². The van der Waals surface area contributed by atoms with Crippen molar-refractivity contribution in [1.82, 2.24) is 20.2 Å². The third-order valence-electron chi connectivity index (χ3n) is 3.87. The average Bonchev–Trinajstić information content (AvgIpc) is 2.59. The molecular weight excluding hydrogens is 262 g/mol. The molecule has 0 saturated carbocycles. The summed E-state index contributed by atoms with van der Waals surface area (Å²) in [5, 5.41) is 3.43. The molecule has 1 unspecified atom stereocenters. The minimum absolute atomic E-state index is 0.477. The van der Waals surface area contributed by atoms with Crippen molar-refractivity contribution in [3.63, 3.8) is 0 Å². The van der Waals surface area contributed by atoms with E-state index in [0.29, 0.717) is 12.0 Å². The van der Waals surface area contributed by atoms with Crippen molar-refractivity contribution in [2.24, 2.45) is 5.92 Å². The summed E-state index contributed by atoms with van der Waals surface area (Å²) in [5.74, 6) is 1.67. The summed E-state index contributed by atoms with van der Waals surface area (Å²) in [6, 6.07) is 0.477. The van der Waals surface area contributed by atoms with Gasteiger partial charge in [0.1, 0.15) is 5.82 Å². The Hall–Kier alpha value is -1.20. The van der Waals surface area contributed by atoms with Crippen molar-refractivity contribution in [2.45, 2.75) is 39.8 Å². The molecule has 118 valence electrons. The fourth-order valence-electron chi connectivity index (χ4n) is 2.82. The van der Waals surface area contributed by atoms with Crippen molar-refractivity contribution in [2.75, 3.05) is 38.1 Å². The van der Waals surface area contributed by atoms with Gasteiger partial charge in [0, 0.05) is 31.9 Å². The Morgan fingerprint density at radius 1 is 1.33 bits per heavy atom. The zero-order valence-corrected chi connectivity index (χ0v) is 13.8. The van der Waals surface area contributed by atoms with E-state index in [-0.39, 0.29) is 0 Å². The van der Waals surface area contributed by atoms with Crippen molar-refractivity contribution in [1.29, 1.82) is 0 Å². The molecule has 5 nitrogen and oxygen atoms in total. The van der Waals surface area contributed by atoms with Crippen LogP contribution in [0.25, 0.3) is 0 Å². The summed E-state index contributed by atoms with van der Waals surface area (Å²) in [4.78, 5) is 14.0. The summed E-state index contributed by atoms with van der Waals surface area (Å²) in [5.41, 5.74) is 1.03. The lowest BCUT2D eigenvalue weighted by atomic mass is 10.2. The molecule has 0 spiro atoms. The number of nitrogens with zero attached hydrogens (tertiary/aromatic N) is 4. The Morgan fingerprint density at radius 3 is 2.90 bits per heavy atom. The number of aromatic nitrogens is 2. The lowest BCUT2D eigenvalue weighted by molar-refractivity contribution is 0.337. The van der Waals surface area contributed by atoms with E-state index in [1.807, 2.05) is 12.4 Å². The molecule has 0 radical (unpaired) electrons. The summed E-state index contributed by atoms with van der Waals surface area (Å²) >= 11 is 0. The Balaban J connectivity index is 2.02. The first-order valence-corrected chi connectivity index (χ1v) is 8.03. The molecule has 1 N–H and O–H groups in total. The van der Waals surface area contributed by atoms with Crippen molar-refractivity contribution in [3.05, 3.63) is 18.1 Å². The topological polar surface area (TPSA) is 44.3 Å². The van der Waals surface area contributed by atoms with Gasteiger partial charge in [-0.1, -0.05) is 13.8 Å². The number of likely N-dealkylation sites (N-methyl/N-ethyl adjacent to an activating group) is 1. The van der Waals surface area contributed by atoms with Gasteiger partial charge in [0.15, 0.2) is 0 Å². The second kappa shape index (κ2) is 7.71. The molecule has 5 heteroatoms. The fourth-order valence-corrected chi connectivity index (χ4v) is 2.82. The molecule has 1 saturated heterocycles. The number of nitrogens with one attached hydrogen (secondary N) is 1. The first-order chi connectivity index (χ1) is 10.1. The lowest BCUT2D eigenvalue weighted by Crippen LogP contribution is -2.38. The van der Waals surface area contributed by atoms with Crippen LogP contribution in [0, 0.1) is 5.92 Å². The quantitative estimate of drug-likeness (QED) is 0.895. The fraction of sp³-hybridized carbons (Fsp3) is 0.750. The van der Waals surface area contributed by atoms with E-state index in [4.69, 9.17) is 4.98 Å². The van der Waals surface area contributed by atoms with E-state index in [1.54, 1.807) is 0 Å². The second-order valence-electron chi connectivity index (χ2n) is 6.55. The standard InChI is InChI=1S/C16H29N5/c1-13(2)8-17-9-15-10-18-11-16(19-15)21-7-5-6-20(4)12-14(21)3/h10-11,13-14,17H,5-9,12H2,1-4H3. The number of hydrogen-bond acceptors (Lipinski definition) is 5. The molecular formula is C16H29N5. The van der Waals surface area contributed by atoms with Gasteiger partial charge in [-0.05, 0) is 39.4 Å². The molecule has 1 atom stereocenters. The molecule has 1 aliphatic rings. The summed E-state index contributed by atoms with van der Waals surface area (Å²) in [7, 11) is 2.19. The smallest absolute Gasteiger partial charge is 0.147 e. The maximum Gasteiger partial charge on any atom is 0.147 e. The Morgan fingerprint density at radius 2 is 2.14 bits per heavy atom. The maximum absolute atomic E-state index is 4.79. The SMILES string of the molecule is CC(C)CNCc1cncc(N2CCCN(C)CC2C)n1. The monoisotopic (exact) mass is 291 g/mol. The number of anilines is 1. The van der Waals surface area contributed by atoms with E-state index >= 15 is 0 Å². The molecule has 1 aromatic heterocycles. The molecule has 0 aromatic carbocycles. The summed E-state index contributed by atoms with van der Waals surface area (Å²) < 4.78 is 0. The van der Waals surface area contributed by atoms with Crippen LogP contribution in [-0.4, -0.2) is 54.1 Å². The van der Waals surface area contributed by atoms with Crippen LogP contribution < -0.4 is 10.2 Å². The van der Waals surface area contributed by atoms with Crippen LogP contribution in [0.5, 0.6) is 0 Å². The summed E-state index contributed by atoms with van der Waals surface area (Å²) in [6.07, 6.45) is 4.94. The van der Waals surface area contributed by atoms with E-state index < -0.39 is 0 Å². The van der Waals surface area contributed by atoms with E-state index in [9.17, 15) is 0 Å². The van der Waals surface area contributed by atoms with Crippen LogP contribution in [0.3, 0.4) is 0 Å². The molecule has 0 aliphatic carbocycles. The molecule has 1 aromatic rings. The minimum Gasteiger partial charge on any atom is -0.351 e. The van der Waals surface area contributed by atoms with Gasteiger partial charge >= 0.3 is 0 Å². The number of rotatable bonds is 5. The van der Waals surface area contributed by atoms with Gasteiger partial charge in [-0.2, -0.15) is 0 Å². The average molecular weight is 291 g/mol. The van der Waals surface area contributed by atoms with Gasteiger partial charge in [-0.15, -0.1) is 0 Å². The lowest BCUT2D eigenvalue weighted by Gasteiger charge is -2.29. The van der Waals surface area contributed by atoms with Gasteiger partial charge in [0.2, 0.25) is 0 Å². The van der Waals surface area contributed by atoms with Crippen molar-refractivity contribution in [3.8, 4) is 0 Å². The van der Waals surface area contributed by atoms with Crippen molar-refractivity contribution >= 4 is 5.82 Å². The van der Waals surface area contributed by atoms with Gasteiger partial charge in [0.25, 0.3) is 0 Å². The van der Waals surface area contributed by atoms with Gasteiger partial charge in [0.05, 0.1) is 11.9 Å². The van der Waals surface area contributed by atoms with Gasteiger partial charge < -0.3 is 15.1 Å². The zero-order valence-electron chi connectivity index (χ0n) is 13.8.